The first-order valence-electron chi connectivity index (χ1n) is 22.7. The summed E-state index contributed by atoms with van der Waals surface area (Å²) in [6, 6.07) is 70.0. The van der Waals surface area contributed by atoms with Crippen molar-refractivity contribution in [3.63, 3.8) is 0 Å². The zero-order chi connectivity index (χ0) is 45.4. The van der Waals surface area contributed by atoms with Crippen LogP contribution >= 0.6 is 0 Å². The molecule has 0 amide bonds. The second-order valence-corrected chi connectivity index (χ2v) is 17.8. The molecule has 324 valence electrons. The predicted molar refractivity (Wildman–Crippen MR) is 260 cm³/mol. The Labute approximate surface area is 387 Å². The van der Waals surface area contributed by atoms with Crippen molar-refractivity contribution in [3.05, 3.63) is 285 Å². The third-order valence-corrected chi connectivity index (χ3v) is 13.2. The predicted octanol–water partition coefficient (Wildman–Crippen LogP) is 11.4. The van der Waals surface area contributed by atoms with E-state index in [0.717, 1.165) is 83.6 Å². The highest BCUT2D eigenvalue weighted by Crippen LogP contribution is 2.31. The van der Waals surface area contributed by atoms with E-state index in [4.69, 9.17) is 0 Å². The fourth-order valence-electron chi connectivity index (χ4n) is 9.44. The van der Waals surface area contributed by atoms with E-state index in [0.29, 0.717) is 44.5 Å². The highest BCUT2D eigenvalue weighted by Gasteiger charge is 2.43. The molecule has 1 aliphatic heterocycles. The van der Waals surface area contributed by atoms with E-state index in [2.05, 4.69) is 48.5 Å². The molecule has 6 nitrogen and oxygen atoms in total. The SMILES string of the molecule is O=C(c1ccccc1)c1ccc(C[N+]2(Cc3ccc(C(=O)c4ccccc4)cc3)CC[N+](Cc3ccc(C(=O)c4ccccc4)cc3)(Cc3ccc(C(=O)c4ccccc4)cc3)CC2)cc1. The minimum absolute atomic E-state index is 0.00571. The summed E-state index contributed by atoms with van der Waals surface area (Å²) in [6.07, 6.45) is 0. The summed E-state index contributed by atoms with van der Waals surface area (Å²) in [7, 11) is 0. The molecule has 6 heteroatoms. The minimum Gasteiger partial charge on any atom is -0.307 e. The quantitative estimate of drug-likeness (QED) is 0.0717. The molecule has 0 aromatic heterocycles. The fourth-order valence-corrected chi connectivity index (χ4v) is 9.44. The first-order valence-corrected chi connectivity index (χ1v) is 22.7. The van der Waals surface area contributed by atoms with Crippen molar-refractivity contribution in [1.29, 1.82) is 0 Å². The van der Waals surface area contributed by atoms with E-state index in [-0.39, 0.29) is 23.1 Å². The van der Waals surface area contributed by atoms with Gasteiger partial charge in [0.05, 0.1) is 0 Å². The lowest BCUT2D eigenvalue weighted by Gasteiger charge is -2.50. The summed E-state index contributed by atoms with van der Waals surface area (Å²) in [4.78, 5) is 53.4. The molecule has 1 saturated heterocycles. The van der Waals surface area contributed by atoms with E-state index < -0.39 is 0 Å². The third kappa shape index (κ3) is 10.2. The van der Waals surface area contributed by atoms with Crippen molar-refractivity contribution in [2.45, 2.75) is 26.2 Å². The second-order valence-electron chi connectivity index (χ2n) is 17.8. The maximum absolute atomic E-state index is 13.4. The van der Waals surface area contributed by atoms with Crippen molar-refractivity contribution in [3.8, 4) is 0 Å². The van der Waals surface area contributed by atoms with Crippen LogP contribution in [0.4, 0.5) is 0 Å². The number of hydrogen-bond donors (Lipinski definition) is 0. The van der Waals surface area contributed by atoms with Crippen LogP contribution in [0.5, 0.6) is 0 Å². The van der Waals surface area contributed by atoms with Crippen molar-refractivity contribution < 1.29 is 28.1 Å². The van der Waals surface area contributed by atoms with Crippen LogP contribution in [0.2, 0.25) is 0 Å². The molecule has 0 aliphatic carbocycles. The molecule has 0 N–H and O–H groups in total. The van der Waals surface area contributed by atoms with E-state index >= 15 is 0 Å². The molecule has 0 bridgehead atoms. The number of ketones is 4. The smallest absolute Gasteiger partial charge is 0.193 e. The van der Waals surface area contributed by atoms with E-state index in [9.17, 15) is 19.2 Å². The molecular formula is C60H52N2O4+2. The monoisotopic (exact) mass is 864 g/mol. The van der Waals surface area contributed by atoms with Crippen LogP contribution in [0, 0.1) is 0 Å². The Morgan fingerprint density at radius 3 is 0.591 bits per heavy atom. The number of quaternary nitrogens is 2. The van der Waals surface area contributed by atoms with Crippen molar-refractivity contribution in [2.24, 2.45) is 0 Å². The summed E-state index contributed by atoms with van der Waals surface area (Å²) in [5.41, 5.74) is 9.98. The summed E-state index contributed by atoms with van der Waals surface area (Å²) >= 11 is 0. The van der Waals surface area contributed by atoms with Crippen LogP contribution in [-0.4, -0.2) is 58.3 Å². The highest BCUT2D eigenvalue weighted by atomic mass is 16.1. The summed E-state index contributed by atoms with van der Waals surface area (Å²) in [6.45, 7) is 6.62. The molecule has 1 fully saturated rings. The number of carbonyl (C=O) groups is 4. The topological polar surface area (TPSA) is 68.3 Å². The summed E-state index contributed by atoms with van der Waals surface area (Å²) < 4.78 is 1.60. The van der Waals surface area contributed by atoms with E-state index in [1.165, 1.54) is 0 Å². The van der Waals surface area contributed by atoms with E-state index in [1.54, 1.807) is 0 Å². The van der Waals surface area contributed by atoms with Gasteiger partial charge in [0.2, 0.25) is 0 Å². The lowest BCUT2D eigenvalue weighted by Crippen LogP contribution is -2.65. The van der Waals surface area contributed by atoms with Crippen molar-refractivity contribution in [1.82, 2.24) is 0 Å². The molecule has 0 unspecified atom stereocenters. The Hall–Kier alpha value is -7.64. The normalized spacial score (nSPS) is 13.9. The molecule has 0 saturated carbocycles. The molecule has 9 rings (SSSR count). The van der Waals surface area contributed by atoms with Gasteiger partial charge in [0.15, 0.2) is 23.1 Å². The molecular weight excluding hydrogens is 813 g/mol. The largest absolute Gasteiger partial charge is 0.307 e. The fraction of sp³-hybridized carbons (Fsp3) is 0.133. The van der Waals surface area contributed by atoms with Gasteiger partial charge in [-0.05, 0) is 0 Å². The zero-order valence-electron chi connectivity index (χ0n) is 37.0. The summed E-state index contributed by atoms with van der Waals surface area (Å²) in [5.74, 6) is 0.0229. The van der Waals surface area contributed by atoms with Gasteiger partial charge in [-0.1, -0.05) is 218 Å². The number of benzene rings is 8. The molecule has 0 spiro atoms. The molecule has 0 radical (unpaired) electrons. The summed E-state index contributed by atoms with van der Waals surface area (Å²) in [5, 5.41) is 0. The number of nitrogens with zero attached hydrogens (tertiary/aromatic N) is 2. The van der Waals surface area contributed by atoms with Gasteiger partial charge < -0.3 is 8.97 Å². The zero-order valence-corrected chi connectivity index (χ0v) is 37.0. The first kappa shape index (κ1) is 43.6. The Morgan fingerprint density at radius 2 is 0.409 bits per heavy atom. The highest BCUT2D eigenvalue weighted by molar-refractivity contribution is 6.10. The Kier molecular flexibility index (Phi) is 13.0. The number of hydrogen-bond acceptors (Lipinski definition) is 4. The van der Waals surface area contributed by atoms with Gasteiger partial charge in [0.1, 0.15) is 52.4 Å². The molecule has 1 heterocycles. The van der Waals surface area contributed by atoms with Gasteiger partial charge in [-0.3, -0.25) is 19.2 Å². The van der Waals surface area contributed by atoms with Crippen LogP contribution in [0.25, 0.3) is 0 Å². The lowest BCUT2D eigenvalue weighted by atomic mass is 9.98. The molecule has 1 aliphatic rings. The average molecular weight is 865 g/mol. The van der Waals surface area contributed by atoms with Gasteiger partial charge in [0, 0.05) is 66.8 Å². The maximum atomic E-state index is 13.4. The van der Waals surface area contributed by atoms with Crippen molar-refractivity contribution >= 4 is 23.1 Å². The molecule has 0 atom stereocenters. The number of carbonyl (C=O) groups excluding carboxylic acids is 4. The van der Waals surface area contributed by atoms with Crippen LogP contribution in [-0.2, 0) is 26.2 Å². The van der Waals surface area contributed by atoms with Crippen LogP contribution in [0.15, 0.2) is 218 Å². The standard InChI is InChI=1S/C60H52N2O4/c63-57(49-13-5-1-6-14-49)53-29-21-45(22-30-53)41-61(42-46-23-31-54(32-24-46)58(64)50-15-7-2-8-16-50)37-39-62(40-38-61,43-47-25-33-55(34-26-47)59(65)51-17-9-3-10-18-51)44-48-27-35-56(36-28-48)60(66)52-19-11-4-12-20-52/h1-36H,37-44H2/q+2. The van der Waals surface area contributed by atoms with Gasteiger partial charge >= 0.3 is 0 Å². The number of rotatable bonds is 16. The molecule has 8 aromatic rings. The average Bonchev–Trinajstić information content (AvgIpc) is 3.38. The van der Waals surface area contributed by atoms with Gasteiger partial charge in [-0.25, -0.2) is 0 Å². The van der Waals surface area contributed by atoms with Crippen LogP contribution < -0.4 is 0 Å². The second kappa shape index (κ2) is 19.6. The lowest BCUT2D eigenvalue weighted by molar-refractivity contribution is -1.05. The van der Waals surface area contributed by atoms with Gasteiger partial charge in [-0.15, -0.1) is 0 Å². The minimum atomic E-state index is 0.00571. The van der Waals surface area contributed by atoms with Crippen LogP contribution in [0.1, 0.15) is 85.9 Å². The molecule has 66 heavy (non-hydrogen) atoms. The Morgan fingerprint density at radius 1 is 0.242 bits per heavy atom. The number of piperazine rings is 1. The third-order valence-electron chi connectivity index (χ3n) is 13.2. The first-order chi connectivity index (χ1) is 32.2. The van der Waals surface area contributed by atoms with Crippen LogP contribution in [0.3, 0.4) is 0 Å². The van der Waals surface area contributed by atoms with E-state index in [1.807, 2.05) is 170 Å². The maximum Gasteiger partial charge on any atom is 0.193 e. The van der Waals surface area contributed by atoms with Gasteiger partial charge in [0.25, 0.3) is 0 Å². The van der Waals surface area contributed by atoms with Gasteiger partial charge in [-0.2, -0.15) is 0 Å². The Bertz CT molecular complexity index is 2520. The Balaban J connectivity index is 1.01. The molecule has 8 aromatic carbocycles. The van der Waals surface area contributed by atoms with Crippen molar-refractivity contribution in [2.75, 3.05) is 26.2 Å².